The molecule has 2 aromatic carbocycles. The summed E-state index contributed by atoms with van der Waals surface area (Å²) in [5.41, 5.74) is 0. The Hall–Kier alpha value is -1.38. The molecule has 2 heteroatoms. The minimum absolute atomic E-state index is 0.284. The van der Waals surface area contributed by atoms with E-state index in [9.17, 15) is 0 Å². The molecular weight excluding hydrogens is 308 g/mol. The van der Waals surface area contributed by atoms with Crippen molar-refractivity contribution in [2.75, 3.05) is 6.61 Å². The van der Waals surface area contributed by atoms with E-state index in [1.165, 1.54) is 25.3 Å². The first-order valence-corrected chi connectivity index (χ1v) is 11.5. The smallest absolute Gasteiger partial charge is 0.123 e. The Morgan fingerprint density at radius 2 is 1.38 bits per heavy atom. The first kappa shape index (κ1) is 17.4. The lowest BCUT2D eigenvalue weighted by molar-refractivity contribution is 0.391. The highest BCUT2D eigenvalue weighted by Gasteiger charge is 2.46. The van der Waals surface area contributed by atoms with Gasteiger partial charge in [-0.1, -0.05) is 105 Å². The van der Waals surface area contributed by atoms with Gasteiger partial charge >= 0.3 is 0 Å². The van der Waals surface area contributed by atoms with Crippen molar-refractivity contribution >= 4 is 18.4 Å². The molecule has 0 radical (unpaired) electrons. The molecule has 1 fully saturated rings. The Bertz CT molecular complexity index is 587. The number of rotatable bonds is 7. The van der Waals surface area contributed by atoms with Crippen LogP contribution >= 0.6 is 0 Å². The summed E-state index contributed by atoms with van der Waals surface area (Å²) in [7, 11) is -1.84. The first-order chi connectivity index (χ1) is 11.5. The second-order valence-corrected chi connectivity index (χ2v) is 13.1. The van der Waals surface area contributed by atoms with Crippen LogP contribution in [0.2, 0.25) is 11.1 Å². The average molecular weight is 339 g/mol. The lowest BCUT2D eigenvalue weighted by atomic mass is 10.2. The summed E-state index contributed by atoms with van der Waals surface area (Å²) in [6.45, 7) is 8.33. The number of ether oxygens (including phenoxy) is 1. The molecule has 128 valence electrons. The quantitative estimate of drug-likeness (QED) is 0.408. The number of hydrogen-bond acceptors (Lipinski definition) is 1. The zero-order chi connectivity index (χ0) is 17.0. The molecule has 24 heavy (non-hydrogen) atoms. The van der Waals surface area contributed by atoms with E-state index in [-0.39, 0.29) is 5.04 Å². The van der Waals surface area contributed by atoms with Crippen LogP contribution in [0.4, 0.5) is 0 Å². The Kier molecular flexibility index (Phi) is 5.26. The maximum Gasteiger partial charge on any atom is 0.123 e. The van der Waals surface area contributed by atoms with Crippen LogP contribution in [0.5, 0.6) is 0 Å². The Labute approximate surface area is 148 Å². The van der Waals surface area contributed by atoms with Gasteiger partial charge in [0.25, 0.3) is 0 Å². The molecule has 0 aliphatic carbocycles. The van der Waals surface area contributed by atoms with E-state index in [1.54, 1.807) is 10.4 Å². The maximum absolute atomic E-state index is 5.39. The summed E-state index contributed by atoms with van der Waals surface area (Å²) in [6, 6.07) is 23.9. The molecule has 1 atom stereocenters. The fraction of sp³-hybridized carbons (Fsp3) is 0.455. The van der Waals surface area contributed by atoms with Crippen molar-refractivity contribution in [2.45, 2.75) is 57.2 Å². The van der Waals surface area contributed by atoms with Crippen LogP contribution in [0, 0.1) is 0 Å². The van der Waals surface area contributed by atoms with E-state index in [4.69, 9.17) is 4.74 Å². The molecule has 0 amide bonds. The van der Waals surface area contributed by atoms with E-state index in [0.29, 0.717) is 6.10 Å². The summed E-state index contributed by atoms with van der Waals surface area (Å²) in [5.74, 6) is 0. The van der Waals surface area contributed by atoms with Gasteiger partial charge in [0.05, 0.1) is 12.7 Å². The van der Waals surface area contributed by atoms with E-state index in [2.05, 4.69) is 81.4 Å². The maximum atomic E-state index is 5.39. The summed E-state index contributed by atoms with van der Waals surface area (Å²) in [4.78, 5) is 0. The van der Waals surface area contributed by atoms with Crippen molar-refractivity contribution in [2.24, 2.45) is 0 Å². The zero-order valence-electron chi connectivity index (χ0n) is 15.3. The Morgan fingerprint density at radius 3 is 1.79 bits per heavy atom. The molecule has 0 N–H and O–H groups in total. The molecule has 1 nitrogen and oxygen atoms in total. The summed E-state index contributed by atoms with van der Waals surface area (Å²) >= 11 is 0. The molecule has 1 heterocycles. The van der Waals surface area contributed by atoms with Gasteiger partial charge in [0, 0.05) is 0 Å². The van der Waals surface area contributed by atoms with E-state index >= 15 is 0 Å². The first-order valence-electron chi connectivity index (χ1n) is 9.27. The van der Waals surface area contributed by atoms with Crippen molar-refractivity contribution in [1.82, 2.24) is 0 Å². The van der Waals surface area contributed by atoms with Crippen molar-refractivity contribution in [3.05, 3.63) is 60.7 Å². The second-order valence-electron chi connectivity index (χ2n) is 8.09. The summed E-state index contributed by atoms with van der Waals surface area (Å²) in [6.07, 6.45) is 4.38. The van der Waals surface area contributed by atoms with Crippen molar-refractivity contribution in [3.63, 3.8) is 0 Å². The molecular formula is C22H30OSi. The number of hydrogen-bond donors (Lipinski definition) is 0. The normalized spacial score (nSPS) is 17.7. The van der Waals surface area contributed by atoms with Gasteiger partial charge < -0.3 is 4.74 Å². The van der Waals surface area contributed by atoms with Gasteiger partial charge in [-0.2, -0.15) is 0 Å². The number of unbranched alkanes of at least 4 members (excludes halogenated alkanes) is 1. The molecule has 3 rings (SSSR count). The van der Waals surface area contributed by atoms with Gasteiger partial charge in [-0.25, -0.2) is 0 Å². The fourth-order valence-corrected chi connectivity index (χ4v) is 9.83. The lowest BCUT2D eigenvalue weighted by Gasteiger charge is -2.44. The van der Waals surface area contributed by atoms with Crippen LogP contribution in [0.15, 0.2) is 60.7 Å². The Balaban J connectivity index is 1.96. The van der Waals surface area contributed by atoms with E-state index < -0.39 is 8.07 Å². The topological polar surface area (TPSA) is 12.5 Å². The third-order valence-electron chi connectivity index (χ3n) is 5.54. The minimum Gasteiger partial charge on any atom is -0.373 e. The zero-order valence-corrected chi connectivity index (χ0v) is 16.3. The van der Waals surface area contributed by atoms with Crippen molar-refractivity contribution < 1.29 is 4.74 Å². The average Bonchev–Trinajstić information content (AvgIpc) is 3.40. The molecule has 0 saturated carbocycles. The van der Waals surface area contributed by atoms with Crippen molar-refractivity contribution in [1.29, 1.82) is 0 Å². The van der Waals surface area contributed by atoms with Gasteiger partial charge in [-0.15, -0.1) is 0 Å². The van der Waals surface area contributed by atoms with Crippen LogP contribution in [0.1, 0.15) is 40.0 Å². The molecule has 0 aromatic heterocycles. The molecule has 1 saturated heterocycles. The molecule has 0 spiro atoms. The second kappa shape index (κ2) is 7.24. The molecule has 1 unspecified atom stereocenters. The van der Waals surface area contributed by atoms with Gasteiger partial charge in [0.1, 0.15) is 8.07 Å². The third kappa shape index (κ3) is 3.65. The Morgan fingerprint density at radius 1 is 0.875 bits per heavy atom. The van der Waals surface area contributed by atoms with Gasteiger partial charge in [-0.3, -0.25) is 0 Å². The van der Waals surface area contributed by atoms with Crippen LogP contribution in [-0.4, -0.2) is 20.8 Å². The SMILES string of the molecule is CC(C)(C)[Si](CCCCC1CO1)(c1ccccc1)c1ccccc1. The molecule has 0 bridgehead atoms. The minimum atomic E-state index is -1.84. The van der Waals surface area contributed by atoms with Gasteiger partial charge in [0.15, 0.2) is 0 Å². The predicted octanol–water partition coefficient (Wildman–Crippen LogP) is 4.62. The van der Waals surface area contributed by atoms with Gasteiger partial charge in [-0.05, 0) is 17.5 Å². The largest absolute Gasteiger partial charge is 0.373 e. The van der Waals surface area contributed by atoms with Crippen LogP contribution in [0.25, 0.3) is 0 Å². The van der Waals surface area contributed by atoms with Crippen LogP contribution in [-0.2, 0) is 4.74 Å². The van der Waals surface area contributed by atoms with Crippen LogP contribution in [0.3, 0.4) is 0 Å². The third-order valence-corrected chi connectivity index (χ3v) is 11.8. The van der Waals surface area contributed by atoms with E-state index in [0.717, 1.165) is 6.61 Å². The predicted molar refractivity (Wildman–Crippen MR) is 106 cm³/mol. The lowest BCUT2D eigenvalue weighted by Crippen LogP contribution is -2.64. The highest BCUT2D eigenvalue weighted by atomic mass is 28.3. The van der Waals surface area contributed by atoms with Gasteiger partial charge in [0.2, 0.25) is 0 Å². The van der Waals surface area contributed by atoms with Crippen molar-refractivity contribution in [3.8, 4) is 0 Å². The highest BCUT2D eigenvalue weighted by molar-refractivity contribution is 7.04. The summed E-state index contributed by atoms with van der Waals surface area (Å²) in [5, 5.41) is 3.43. The summed E-state index contributed by atoms with van der Waals surface area (Å²) < 4.78 is 5.39. The standard InChI is InChI=1S/C22H30OSi/c1-22(2,3)24(20-13-6-4-7-14-20,21-15-8-5-9-16-21)17-11-10-12-19-18-23-19/h4-9,13-16,19H,10-12,17-18H2,1-3H3. The van der Waals surface area contributed by atoms with Crippen LogP contribution < -0.4 is 10.4 Å². The molecule has 1 aliphatic heterocycles. The fourth-order valence-electron chi connectivity index (χ4n) is 4.14. The highest BCUT2D eigenvalue weighted by Crippen LogP contribution is 2.39. The monoisotopic (exact) mass is 338 g/mol. The number of epoxide rings is 1. The molecule has 1 aliphatic rings. The van der Waals surface area contributed by atoms with E-state index in [1.807, 2.05) is 0 Å². The number of benzene rings is 2. The molecule has 2 aromatic rings.